The van der Waals surface area contributed by atoms with E-state index in [2.05, 4.69) is 27.8 Å². The Labute approximate surface area is 186 Å². The van der Waals surface area contributed by atoms with Crippen LogP contribution in [-0.4, -0.2) is 16.0 Å². The first kappa shape index (κ1) is 20.5. The lowest BCUT2D eigenvalue weighted by molar-refractivity contribution is 0.219. The number of hydrogen-bond donors (Lipinski definition) is 0. The molecule has 5 rings (SSSR count). The van der Waals surface area contributed by atoms with Gasteiger partial charge >= 0.3 is 0 Å². The summed E-state index contributed by atoms with van der Waals surface area (Å²) in [6.07, 6.45) is 3.03. The maximum Gasteiger partial charge on any atom is 0.159 e. The van der Waals surface area contributed by atoms with Crippen LogP contribution in [0.3, 0.4) is 0 Å². The number of aromatic nitrogens is 1. The van der Waals surface area contributed by atoms with Gasteiger partial charge < -0.3 is 9.30 Å². The molecule has 0 aliphatic carbocycles. The Morgan fingerprint density at radius 1 is 0.781 bits per heavy atom. The Balaban J connectivity index is 1.46. The van der Waals surface area contributed by atoms with Crippen molar-refractivity contribution in [3.8, 4) is 11.5 Å². The number of para-hydroxylation sites is 1. The van der Waals surface area contributed by atoms with E-state index in [0.717, 1.165) is 47.8 Å². The number of hydrogen-bond acceptors (Lipinski definition) is 2. The third-order valence-electron chi connectivity index (χ3n) is 5.88. The van der Waals surface area contributed by atoms with Crippen molar-refractivity contribution in [2.45, 2.75) is 25.6 Å². The van der Waals surface area contributed by atoms with E-state index in [1.165, 1.54) is 12.1 Å². The number of benzene rings is 3. The van der Waals surface area contributed by atoms with E-state index in [4.69, 9.17) is 4.74 Å². The van der Waals surface area contributed by atoms with Crippen molar-refractivity contribution in [1.82, 2.24) is 9.47 Å². The fourth-order valence-corrected chi connectivity index (χ4v) is 4.44. The van der Waals surface area contributed by atoms with Gasteiger partial charge in [0.15, 0.2) is 11.6 Å². The number of ether oxygens (including phenoxy) is 1. The fourth-order valence-electron chi connectivity index (χ4n) is 4.44. The lowest BCUT2D eigenvalue weighted by Crippen LogP contribution is -2.29. The largest absolute Gasteiger partial charge is 0.457 e. The van der Waals surface area contributed by atoms with Crippen molar-refractivity contribution in [3.63, 3.8) is 0 Å². The molecule has 0 radical (unpaired) electrons. The van der Waals surface area contributed by atoms with Gasteiger partial charge in [0.2, 0.25) is 0 Å². The minimum absolute atomic E-state index is 0.165. The molecule has 1 aromatic heterocycles. The van der Waals surface area contributed by atoms with Gasteiger partial charge in [-0.3, -0.25) is 4.90 Å². The quantitative estimate of drug-likeness (QED) is 0.357. The maximum absolute atomic E-state index is 14.1. The van der Waals surface area contributed by atoms with Crippen LogP contribution in [0.2, 0.25) is 0 Å². The number of rotatable bonds is 5. The molecule has 0 N–H and O–H groups in total. The highest BCUT2D eigenvalue weighted by atomic mass is 19.2. The average Bonchev–Trinajstić information content (AvgIpc) is 3.18. The molecular formula is C27H24F2N2O. The van der Waals surface area contributed by atoms with E-state index in [1.807, 2.05) is 54.6 Å². The summed E-state index contributed by atoms with van der Waals surface area (Å²) in [6.45, 7) is 2.41. The van der Waals surface area contributed by atoms with E-state index >= 15 is 0 Å². The molecule has 5 heteroatoms. The Morgan fingerprint density at radius 3 is 2.47 bits per heavy atom. The topological polar surface area (TPSA) is 17.4 Å². The molecule has 3 aromatic carbocycles. The van der Waals surface area contributed by atoms with Gasteiger partial charge in [0.05, 0.1) is 6.04 Å². The van der Waals surface area contributed by atoms with Gasteiger partial charge in [0, 0.05) is 31.5 Å². The second-order valence-electron chi connectivity index (χ2n) is 8.09. The molecule has 0 bridgehead atoms. The Morgan fingerprint density at radius 2 is 1.62 bits per heavy atom. The van der Waals surface area contributed by atoms with Gasteiger partial charge in [0.1, 0.15) is 11.5 Å². The first-order valence-electron chi connectivity index (χ1n) is 10.8. The van der Waals surface area contributed by atoms with Crippen molar-refractivity contribution >= 4 is 0 Å². The minimum Gasteiger partial charge on any atom is -0.457 e. The molecule has 4 aromatic rings. The third kappa shape index (κ3) is 4.30. The van der Waals surface area contributed by atoms with Crippen LogP contribution in [0, 0.1) is 11.6 Å². The smallest absolute Gasteiger partial charge is 0.159 e. The van der Waals surface area contributed by atoms with E-state index in [1.54, 1.807) is 6.07 Å². The molecule has 162 valence electrons. The predicted octanol–water partition coefficient (Wildman–Crippen LogP) is 6.55. The zero-order valence-corrected chi connectivity index (χ0v) is 17.6. The number of nitrogens with zero attached hydrogens (tertiary/aromatic N) is 2. The molecule has 0 saturated carbocycles. The second-order valence-corrected chi connectivity index (χ2v) is 8.09. The SMILES string of the molecule is Fc1ccc(C2c3cccn3CCCN2Cc2cccc(Oc3ccccc3)c2)cc1F. The summed E-state index contributed by atoms with van der Waals surface area (Å²) in [4.78, 5) is 2.33. The van der Waals surface area contributed by atoms with E-state index < -0.39 is 11.6 Å². The van der Waals surface area contributed by atoms with Crippen molar-refractivity contribution < 1.29 is 13.5 Å². The Bertz CT molecular complexity index is 1210. The summed E-state index contributed by atoms with van der Waals surface area (Å²) in [5.74, 6) is -0.0775. The maximum atomic E-state index is 14.1. The summed E-state index contributed by atoms with van der Waals surface area (Å²) >= 11 is 0. The fraction of sp³-hybridized carbons (Fsp3) is 0.185. The molecule has 1 aliphatic heterocycles. The highest BCUT2D eigenvalue weighted by Crippen LogP contribution is 2.34. The van der Waals surface area contributed by atoms with Gasteiger partial charge in [-0.1, -0.05) is 36.4 Å². The molecule has 32 heavy (non-hydrogen) atoms. The number of halogens is 2. The van der Waals surface area contributed by atoms with Crippen LogP contribution in [0.25, 0.3) is 0 Å². The van der Waals surface area contributed by atoms with Crippen LogP contribution in [-0.2, 0) is 13.1 Å². The second kappa shape index (κ2) is 8.97. The van der Waals surface area contributed by atoms with Crippen LogP contribution in [0.1, 0.15) is 29.3 Å². The zero-order chi connectivity index (χ0) is 21.9. The van der Waals surface area contributed by atoms with Crippen LogP contribution in [0.15, 0.2) is 91.1 Å². The van der Waals surface area contributed by atoms with Gasteiger partial charge in [0.25, 0.3) is 0 Å². The monoisotopic (exact) mass is 430 g/mol. The first-order chi connectivity index (χ1) is 15.7. The molecule has 2 heterocycles. The number of aryl methyl sites for hydroxylation is 1. The summed E-state index contributed by atoms with van der Waals surface area (Å²) < 4.78 is 36.0. The summed E-state index contributed by atoms with van der Waals surface area (Å²) in [6, 6.07) is 25.9. The van der Waals surface area contributed by atoms with E-state index in [9.17, 15) is 8.78 Å². The summed E-state index contributed by atoms with van der Waals surface area (Å²) in [7, 11) is 0. The van der Waals surface area contributed by atoms with Crippen LogP contribution in [0.5, 0.6) is 11.5 Å². The van der Waals surface area contributed by atoms with Crippen molar-refractivity contribution in [2.24, 2.45) is 0 Å². The predicted molar refractivity (Wildman–Crippen MR) is 121 cm³/mol. The van der Waals surface area contributed by atoms with Gasteiger partial charge in [-0.15, -0.1) is 0 Å². The van der Waals surface area contributed by atoms with Crippen LogP contribution < -0.4 is 4.74 Å². The lowest BCUT2D eigenvalue weighted by Gasteiger charge is -2.31. The normalized spacial score (nSPS) is 16.4. The highest BCUT2D eigenvalue weighted by Gasteiger charge is 2.28. The number of fused-ring (bicyclic) bond motifs is 1. The van der Waals surface area contributed by atoms with Crippen LogP contribution in [0.4, 0.5) is 8.78 Å². The summed E-state index contributed by atoms with van der Waals surface area (Å²) in [5, 5.41) is 0. The van der Waals surface area contributed by atoms with E-state index in [0.29, 0.717) is 6.54 Å². The minimum atomic E-state index is -0.824. The van der Waals surface area contributed by atoms with Crippen molar-refractivity contribution in [1.29, 1.82) is 0 Å². The molecule has 1 aliphatic rings. The molecular weight excluding hydrogens is 406 g/mol. The van der Waals surface area contributed by atoms with Gasteiger partial charge in [-0.25, -0.2) is 8.78 Å². The molecule has 0 fully saturated rings. The van der Waals surface area contributed by atoms with Gasteiger partial charge in [-0.2, -0.15) is 0 Å². The lowest BCUT2D eigenvalue weighted by atomic mass is 10.0. The van der Waals surface area contributed by atoms with Crippen molar-refractivity contribution in [2.75, 3.05) is 6.54 Å². The molecule has 1 unspecified atom stereocenters. The van der Waals surface area contributed by atoms with Crippen LogP contribution >= 0.6 is 0 Å². The average molecular weight is 430 g/mol. The highest BCUT2D eigenvalue weighted by molar-refractivity contribution is 5.35. The zero-order valence-electron chi connectivity index (χ0n) is 17.6. The van der Waals surface area contributed by atoms with E-state index in [-0.39, 0.29) is 6.04 Å². The Kier molecular flexibility index (Phi) is 5.73. The molecule has 3 nitrogen and oxygen atoms in total. The third-order valence-corrected chi connectivity index (χ3v) is 5.88. The molecule has 1 atom stereocenters. The summed E-state index contributed by atoms with van der Waals surface area (Å²) in [5.41, 5.74) is 2.94. The first-order valence-corrected chi connectivity index (χ1v) is 10.8. The Hall–Kier alpha value is -3.44. The molecule has 0 amide bonds. The molecule has 0 spiro atoms. The molecule has 0 saturated heterocycles. The van der Waals surface area contributed by atoms with Gasteiger partial charge in [-0.05, 0) is 66.1 Å². The van der Waals surface area contributed by atoms with Crippen molar-refractivity contribution in [3.05, 3.63) is 120 Å². The standard InChI is InChI=1S/C27H24F2N2O/c28-24-13-12-21(18-25(24)29)27-26-11-5-14-30(26)15-6-16-31(27)19-20-7-4-10-23(17-20)32-22-8-2-1-3-9-22/h1-5,7-14,17-18,27H,6,15-16,19H2.